The van der Waals surface area contributed by atoms with E-state index in [0.29, 0.717) is 13.0 Å². The first-order chi connectivity index (χ1) is 8.75. The highest BCUT2D eigenvalue weighted by Gasteiger charge is 2.18. The van der Waals surface area contributed by atoms with Gasteiger partial charge in [0.15, 0.2) is 0 Å². The molecule has 102 valence electrons. The maximum absolute atomic E-state index is 12.0. The Morgan fingerprint density at radius 1 is 0.944 bits per heavy atom. The molecule has 0 aliphatic carbocycles. The molecule has 0 atom stereocenters. The molecular weight excluding hydrogens is 226 g/mol. The third-order valence-electron chi connectivity index (χ3n) is 3.51. The van der Waals surface area contributed by atoms with Crippen molar-refractivity contribution in [3.05, 3.63) is 12.7 Å². The molecule has 0 saturated carbocycles. The van der Waals surface area contributed by atoms with E-state index in [1.165, 1.54) is 43.1 Å². The minimum absolute atomic E-state index is 0.0286. The van der Waals surface area contributed by atoms with Crippen molar-refractivity contribution >= 4 is 11.8 Å². The van der Waals surface area contributed by atoms with E-state index in [2.05, 4.69) is 6.58 Å². The second-order valence-corrected chi connectivity index (χ2v) is 5.02. The van der Waals surface area contributed by atoms with Crippen LogP contribution < -0.4 is 0 Å². The molecule has 1 fully saturated rings. The summed E-state index contributed by atoms with van der Waals surface area (Å²) in [6.07, 6.45) is 12.1. The number of rotatable bonds is 1. The third-order valence-corrected chi connectivity index (χ3v) is 3.51. The Labute approximate surface area is 110 Å². The summed E-state index contributed by atoms with van der Waals surface area (Å²) >= 11 is 0. The lowest BCUT2D eigenvalue weighted by Crippen LogP contribution is -2.36. The summed E-state index contributed by atoms with van der Waals surface area (Å²) in [6, 6.07) is 0. The van der Waals surface area contributed by atoms with Gasteiger partial charge in [0.1, 0.15) is 0 Å². The van der Waals surface area contributed by atoms with E-state index in [1.54, 1.807) is 0 Å². The maximum Gasteiger partial charge on any atom is 0.252 e. The first kappa shape index (κ1) is 14.9. The van der Waals surface area contributed by atoms with Crippen molar-refractivity contribution in [2.24, 2.45) is 0 Å². The SMILES string of the molecule is C=CC(=O)N1CCCCCCCCCCCC1=O. The van der Waals surface area contributed by atoms with Gasteiger partial charge in [-0.2, -0.15) is 0 Å². The Morgan fingerprint density at radius 3 is 2.00 bits per heavy atom. The van der Waals surface area contributed by atoms with Crippen molar-refractivity contribution in [2.45, 2.75) is 64.2 Å². The monoisotopic (exact) mass is 251 g/mol. The quantitative estimate of drug-likeness (QED) is 0.669. The number of nitrogens with zero attached hydrogens (tertiary/aromatic N) is 1. The molecule has 0 N–H and O–H groups in total. The highest BCUT2D eigenvalue weighted by Crippen LogP contribution is 2.13. The summed E-state index contributed by atoms with van der Waals surface area (Å²) in [7, 11) is 0. The Bertz CT molecular complexity index is 286. The van der Waals surface area contributed by atoms with Crippen LogP contribution in [0.1, 0.15) is 64.2 Å². The van der Waals surface area contributed by atoms with Gasteiger partial charge in [0.05, 0.1) is 0 Å². The molecule has 1 aliphatic heterocycles. The van der Waals surface area contributed by atoms with Gasteiger partial charge in [-0.1, -0.05) is 51.5 Å². The normalized spacial score (nSPS) is 20.4. The largest absolute Gasteiger partial charge is 0.279 e. The average Bonchev–Trinajstić information content (AvgIpc) is 2.40. The summed E-state index contributed by atoms with van der Waals surface area (Å²) in [5, 5.41) is 0. The predicted octanol–water partition coefficient (Wildman–Crippen LogP) is 3.44. The Balaban J connectivity index is 2.53. The van der Waals surface area contributed by atoms with Crippen LogP contribution in [-0.4, -0.2) is 23.3 Å². The van der Waals surface area contributed by atoms with Crippen molar-refractivity contribution in [1.29, 1.82) is 0 Å². The van der Waals surface area contributed by atoms with E-state index in [1.807, 2.05) is 0 Å². The highest BCUT2D eigenvalue weighted by molar-refractivity contribution is 6.00. The number of carbonyl (C=O) groups is 2. The van der Waals surface area contributed by atoms with Gasteiger partial charge in [-0.25, -0.2) is 0 Å². The summed E-state index contributed by atoms with van der Waals surface area (Å²) in [6.45, 7) is 4.03. The zero-order valence-electron chi connectivity index (χ0n) is 11.3. The fraction of sp³-hybridized carbons (Fsp3) is 0.733. The molecule has 0 spiro atoms. The van der Waals surface area contributed by atoms with Crippen LogP contribution in [0.2, 0.25) is 0 Å². The van der Waals surface area contributed by atoms with Crippen LogP contribution in [0.4, 0.5) is 0 Å². The van der Waals surface area contributed by atoms with Gasteiger partial charge in [-0.3, -0.25) is 14.5 Å². The average molecular weight is 251 g/mol. The van der Waals surface area contributed by atoms with E-state index >= 15 is 0 Å². The van der Waals surface area contributed by atoms with Crippen molar-refractivity contribution in [3.8, 4) is 0 Å². The number of hydrogen-bond donors (Lipinski definition) is 0. The van der Waals surface area contributed by atoms with E-state index in [0.717, 1.165) is 25.7 Å². The third kappa shape index (κ3) is 5.48. The van der Waals surface area contributed by atoms with Crippen molar-refractivity contribution in [2.75, 3.05) is 6.54 Å². The predicted molar refractivity (Wildman–Crippen MR) is 73.1 cm³/mol. The smallest absolute Gasteiger partial charge is 0.252 e. The molecule has 3 heteroatoms. The van der Waals surface area contributed by atoms with Crippen LogP contribution >= 0.6 is 0 Å². The summed E-state index contributed by atoms with van der Waals surface area (Å²) < 4.78 is 0. The first-order valence-electron chi connectivity index (χ1n) is 7.22. The molecular formula is C15H25NO2. The molecule has 1 heterocycles. The van der Waals surface area contributed by atoms with Crippen LogP contribution in [-0.2, 0) is 9.59 Å². The molecule has 0 aromatic heterocycles. The molecule has 0 unspecified atom stereocenters. The van der Waals surface area contributed by atoms with Gasteiger partial charge in [0.25, 0.3) is 5.91 Å². The molecule has 18 heavy (non-hydrogen) atoms. The lowest BCUT2D eigenvalue weighted by Gasteiger charge is -2.19. The zero-order valence-corrected chi connectivity index (χ0v) is 11.3. The second kappa shape index (κ2) is 8.90. The molecule has 0 aromatic carbocycles. The number of amides is 2. The van der Waals surface area contributed by atoms with Gasteiger partial charge < -0.3 is 0 Å². The lowest BCUT2D eigenvalue weighted by atomic mass is 10.1. The lowest BCUT2D eigenvalue weighted by molar-refractivity contribution is -0.142. The summed E-state index contributed by atoms with van der Waals surface area (Å²) in [4.78, 5) is 25.0. The standard InChI is InChI=1S/C15H25NO2/c1-2-14(17)16-13-11-9-7-5-3-4-6-8-10-12-15(16)18/h2H,1,3-13H2. The van der Waals surface area contributed by atoms with Gasteiger partial charge in [0, 0.05) is 13.0 Å². The molecule has 2 amide bonds. The van der Waals surface area contributed by atoms with E-state index in [4.69, 9.17) is 0 Å². The van der Waals surface area contributed by atoms with Crippen molar-refractivity contribution in [3.63, 3.8) is 0 Å². The van der Waals surface area contributed by atoms with Crippen LogP contribution in [0.25, 0.3) is 0 Å². The Morgan fingerprint density at radius 2 is 1.44 bits per heavy atom. The highest BCUT2D eigenvalue weighted by atomic mass is 16.2. The second-order valence-electron chi connectivity index (χ2n) is 5.02. The van der Waals surface area contributed by atoms with Gasteiger partial charge >= 0.3 is 0 Å². The van der Waals surface area contributed by atoms with Crippen LogP contribution in [0.5, 0.6) is 0 Å². The van der Waals surface area contributed by atoms with Crippen LogP contribution in [0.3, 0.4) is 0 Å². The molecule has 0 bridgehead atoms. The zero-order chi connectivity index (χ0) is 13.2. The topological polar surface area (TPSA) is 37.4 Å². The molecule has 0 radical (unpaired) electrons. The molecule has 1 aliphatic rings. The Hall–Kier alpha value is -1.12. The van der Waals surface area contributed by atoms with E-state index in [9.17, 15) is 9.59 Å². The summed E-state index contributed by atoms with van der Waals surface area (Å²) in [5.41, 5.74) is 0. The first-order valence-corrected chi connectivity index (χ1v) is 7.22. The molecule has 1 rings (SSSR count). The maximum atomic E-state index is 12.0. The minimum Gasteiger partial charge on any atom is -0.279 e. The van der Waals surface area contributed by atoms with E-state index in [-0.39, 0.29) is 11.8 Å². The van der Waals surface area contributed by atoms with E-state index < -0.39 is 0 Å². The van der Waals surface area contributed by atoms with Gasteiger partial charge in [0.2, 0.25) is 5.91 Å². The van der Waals surface area contributed by atoms with Crippen LogP contribution in [0.15, 0.2) is 12.7 Å². The minimum atomic E-state index is -0.241. The van der Waals surface area contributed by atoms with Gasteiger partial charge in [-0.05, 0) is 18.9 Å². The van der Waals surface area contributed by atoms with Crippen LogP contribution in [0, 0.1) is 0 Å². The van der Waals surface area contributed by atoms with Crippen molar-refractivity contribution < 1.29 is 9.59 Å². The number of imide groups is 1. The molecule has 3 nitrogen and oxygen atoms in total. The number of hydrogen-bond acceptors (Lipinski definition) is 2. The van der Waals surface area contributed by atoms with Crippen molar-refractivity contribution in [1.82, 2.24) is 4.90 Å². The Kier molecular flexibility index (Phi) is 7.38. The fourth-order valence-corrected chi connectivity index (χ4v) is 2.39. The fourth-order valence-electron chi connectivity index (χ4n) is 2.39. The molecule has 0 aromatic rings. The summed E-state index contributed by atoms with van der Waals surface area (Å²) in [5.74, 6) is -0.269. The van der Waals surface area contributed by atoms with Gasteiger partial charge in [-0.15, -0.1) is 0 Å². The number of carbonyl (C=O) groups excluding carboxylic acids is 2. The molecule has 1 saturated heterocycles.